The van der Waals surface area contributed by atoms with Crippen molar-refractivity contribution in [3.63, 3.8) is 0 Å². The summed E-state index contributed by atoms with van der Waals surface area (Å²) in [6.07, 6.45) is 0. The van der Waals surface area contributed by atoms with Crippen LogP contribution in [0.1, 0.15) is 31.8 Å². The number of carboxylic acids is 2. The average molecular weight is 318 g/mol. The summed E-state index contributed by atoms with van der Waals surface area (Å²) in [4.78, 5) is 20.9. The van der Waals surface area contributed by atoms with Crippen molar-refractivity contribution >= 4 is 22.1 Å². The van der Waals surface area contributed by atoms with Gasteiger partial charge in [0.15, 0.2) is 0 Å². The first-order valence-electron chi connectivity index (χ1n) is 4.61. The summed E-state index contributed by atoms with van der Waals surface area (Å²) in [5.74, 6) is -3.49. The Morgan fingerprint density at radius 2 is 1.50 bits per heavy atom. The van der Waals surface area contributed by atoms with E-state index in [4.69, 9.17) is 4.55 Å². The van der Waals surface area contributed by atoms with E-state index in [1.807, 2.05) is 0 Å². The van der Waals surface area contributed by atoms with Gasteiger partial charge in [-0.3, -0.25) is 4.55 Å². The molecule has 1 rings (SSSR count). The molecule has 0 bridgehead atoms. The van der Waals surface area contributed by atoms with Crippen LogP contribution in [0, 0.1) is 13.8 Å². The number of benzene rings is 1. The van der Waals surface area contributed by atoms with Crippen molar-refractivity contribution in [1.82, 2.24) is 0 Å². The Morgan fingerprint density at radius 1 is 1.05 bits per heavy atom. The van der Waals surface area contributed by atoms with Gasteiger partial charge in [-0.25, -0.2) is 0 Å². The third-order valence-electron chi connectivity index (χ3n) is 2.50. The predicted octanol–water partition coefficient (Wildman–Crippen LogP) is -7.71. The van der Waals surface area contributed by atoms with E-state index in [1.165, 1.54) is 6.92 Å². The fraction of sp³-hybridized carbons (Fsp3) is 0.200. The van der Waals surface area contributed by atoms with E-state index in [0.29, 0.717) is 6.07 Å². The third kappa shape index (κ3) is 4.54. The summed E-state index contributed by atoms with van der Waals surface area (Å²) in [6, 6.07) is 0.655. The second kappa shape index (κ2) is 7.90. The van der Waals surface area contributed by atoms with Crippen molar-refractivity contribution in [1.29, 1.82) is 0 Å². The topological polar surface area (TPSA) is 135 Å². The Labute approximate surface area is 159 Å². The standard InChI is InChI=1S/C10H10O7S.2Na/c1-4-6(9(11)12)3-7(18(15,16)17)5(2)8(4)10(13)14;;/h3H,1-2H3,(H,11,12)(H,13,14)(H,15,16,17);;/q;2*+1/p-2. The first-order valence-corrected chi connectivity index (χ1v) is 6.05. The molecule has 1 aromatic rings. The molecule has 0 unspecified atom stereocenters. The predicted molar refractivity (Wildman–Crippen MR) is 54.4 cm³/mol. The molecule has 98 valence electrons. The van der Waals surface area contributed by atoms with Gasteiger partial charge in [0, 0.05) is 11.1 Å². The van der Waals surface area contributed by atoms with Crippen LogP contribution in [0.2, 0.25) is 0 Å². The van der Waals surface area contributed by atoms with Crippen molar-refractivity contribution < 1.29 is 91.9 Å². The Morgan fingerprint density at radius 3 is 1.80 bits per heavy atom. The van der Waals surface area contributed by atoms with Crippen molar-refractivity contribution in [2.24, 2.45) is 0 Å². The summed E-state index contributed by atoms with van der Waals surface area (Å²) in [5.41, 5.74) is -1.71. The molecular formula is C10H8Na2O7S. The second-order valence-corrected chi connectivity index (χ2v) is 4.99. The number of carbonyl (C=O) groups excluding carboxylic acids is 2. The molecule has 0 saturated carbocycles. The van der Waals surface area contributed by atoms with Gasteiger partial charge in [-0.15, -0.1) is 0 Å². The Kier molecular flexibility index (Phi) is 8.83. The minimum Gasteiger partial charge on any atom is -0.545 e. The monoisotopic (exact) mass is 318 g/mol. The van der Waals surface area contributed by atoms with Gasteiger partial charge in [-0.1, -0.05) is 0 Å². The van der Waals surface area contributed by atoms with Gasteiger partial charge < -0.3 is 19.8 Å². The molecule has 0 saturated heterocycles. The molecule has 10 heteroatoms. The van der Waals surface area contributed by atoms with Gasteiger partial charge in [0.25, 0.3) is 10.1 Å². The minimum absolute atomic E-state index is 0. The molecule has 0 aromatic heterocycles. The fourth-order valence-electron chi connectivity index (χ4n) is 1.67. The maximum Gasteiger partial charge on any atom is 1.00 e. The quantitative estimate of drug-likeness (QED) is 0.432. The number of hydrogen-bond donors (Lipinski definition) is 1. The van der Waals surface area contributed by atoms with Crippen LogP contribution >= 0.6 is 0 Å². The van der Waals surface area contributed by atoms with E-state index in [2.05, 4.69) is 0 Å². The normalized spacial score (nSPS) is 10.2. The van der Waals surface area contributed by atoms with Gasteiger partial charge in [0.1, 0.15) is 0 Å². The molecule has 7 nitrogen and oxygen atoms in total. The van der Waals surface area contributed by atoms with Gasteiger partial charge in [-0.05, 0) is 31.0 Å². The first-order chi connectivity index (χ1) is 8.07. The molecule has 0 heterocycles. The van der Waals surface area contributed by atoms with Crippen LogP contribution in [0.5, 0.6) is 0 Å². The van der Waals surface area contributed by atoms with E-state index in [9.17, 15) is 28.2 Å². The maximum atomic E-state index is 11.0. The fourth-order valence-corrected chi connectivity index (χ4v) is 2.43. The minimum atomic E-state index is -4.74. The van der Waals surface area contributed by atoms with E-state index in [1.54, 1.807) is 0 Å². The SMILES string of the molecule is Cc1c(C(=O)[O-])cc(S(=O)(=O)O)c(C)c1C(=O)[O-].[Na+].[Na+]. The van der Waals surface area contributed by atoms with Crippen molar-refractivity contribution in [2.75, 3.05) is 0 Å². The molecule has 20 heavy (non-hydrogen) atoms. The second-order valence-electron chi connectivity index (χ2n) is 3.60. The largest absolute Gasteiger partial charge is 1.00 e. The molecule has 0 amide bonds. The zero-order chi connectivity index (χ0) is 14.2. The van der Waals surface area contributed by atoms with E-state index in [0.717, 1.165) is 6.92 Å². The van der Waals surface area contributed by atoms with Crippen molar-refractivity contribution in [3.05, 3.63) is 28.3 Å². The molecule has 0 fully saturated rings. The maximum absolute atomic E-state index is 11.0. The van der Waals surface area contributed by atoms with Gasteiger partial charge in [-0.2, -0.15) is 8.42 Å². The summed E-state index contributed by atoms with van der Waals surface area (Å²) in [7, 11) is -4.74. The smallest absolute Gasteiger partial charge is 0.545 e. The van der Waals surface area contributed by atoms with E-state index >= 15 is 0 Å². The zero-order valence-corrected chi connectivity index (χ0v) is 16.2. The molecule has 0 aliphatic carbocycles. The Hall–Kier alpha value is 0.0700. The molecule has 0 aliphatic heterocycles. The van der Waals surface area contributed by atoms with Crippen LogP contribution in [0.3, 0.4) is 0 Å². The van der Waals surface area contributed by atoms with Gasteiger partial charge in [0.2, 0.25) is 0 Å². The molecule has 0 aliphatic rings. The van der Waals surface area contributed by atoms with Crippen LogP contribution in [-0.2, 0) is 10.1 Å². The van der Waals surface area contributed by atoms with Crippen LogP contribution in [0.15, 0.2) is 11.0 Å². The molecular weight excluding hydrogens is 310 g/mol. The first kappa shape index (κ1) is 22.4. The van der Waals surface area contributed by atoms with Crippen LogP contribution in [-0.4, -0.2) is 24.9 Å². The van der Waals surface area contributed by atoms with E-state index in [-0.39, 0.29) is 70.2 Å². The Balaban J connectivity index is 0. The summed E-state index contributed by atoms with van der Waals surface area (Å²) < 4.78 is 31.0. The van der Waals surface area contributed by atoms with Gasteiger partial charge in [0.05, 0.1) is 16.8 Å². The third-order valence-corrected chi connectivity index (χ3v) is 3.48. The van der Waals surface area contributed by atoms with Crippen LogP contribution in [0.4, 0.5) is 0 Å². The molecule has 1 N–H and O–H groups in total. The van der Waals surface area contributed by atoms with Crippen molar-refractivity contribution in [3.8, 4) is 0 Å². The zero-order valence-electron chi connectivity index (χ0n) is 11.4. The summed E-state index contributed by atoms with van der Waals surface area (Å²) >= 11 is 0. The molecule has 0 atom stereocenters. The van der Waals surface area contributed by atoms with Crippen LogP contribution in [0.25, 0.3) is 0 Å². The number of rotatable bonds is 3. The van der Waals surface area contributed by atoms with Crippen molar-refractivity contribution in [2.45, 2.75) is 18.7 Å². The summed E-state index contributed by atoms with van der Waals surface area (Å²) in [6.45, 7) is 2.30. The number of aromatic carboxylic acids is 2. The van der Waals surface area contributed by atoms with Crippen LogP contribution < -0.4 is 69.3 Å². The molecule has 1 aromatic carbocycles. The van der Waals surface area contributed by atoms with Gasteiger partial charge >= 0.3 is 59.1 Å². The number of hydrogen-bond acceptors (Lipinski definition) is 6. The van der Waals surface area contributed by atoms with E-state index < -0.39 is 38.1 Å². The number of carboxylic acid groups (broad SMARTS) is 2. The average Bonchev–Trinajstić information content (AvgIpc) is 2.13. The molecule has 0 radical (unpaired) electrons. The Bertz CT molecular complexity index is 652. The molecule has 0 spiro atoms. The number of carbonyl (C=O) groups is 2. The summed E-state index contributed by atoms with van der Waals surface area (Å²) in [5, 5.41) is 21.7.